The molecule has 0 bridgehead atoms. The molecule has 1 atom stereocenters. The van der Waals surface area contributed by atoms with Gasteiger partial charge in [0.25, 0.3) is 0 Å². The molecule has 1 aromatic carbocycles. The lowest BCUT2D eigenvalue weighted by atomic mass is 10.1. The van der Waals surface area contributed by atoms with Crippen molar-refractivity contribution in [1.29, 1.82) is 0 Å². The monoisotopic (exact) mass is 206 g/mol. The van der Waals surface area contributed by atoms with Crippen molar-refractivity contribution >= 4 is 11.4 Å². The van der Waals surface area contributed by atoms with Crippen molar-refractivity contribution in [1.82, 2.24) is 0 Å². The van der Waals surface area contributed by atoms with E-state index < -0.39 is 0 Å². The summed E-state index contributed by atoms with van der Waals surface area (Å²) in [5.74, 6) is 0. The van der Waals surface area contributed by atoms with Crippen LogP contribution in [0.25, 0.3) is 0 Å². The Hall–Kier alpha value is -1.22. The van der Waals surface area contributed by atoms with Crippen LogP contribution in [0.3, 0.4) is 0 Å². The Morgan fingerprint density at radius 1 is 1.47 bits per heavy atom. The fraction of sp³-hybridized carbons (Fsp3) is 0.500. The molecular formula is C12H18N2O. The first-order valence-corrected chi connectivity index (χ1v) is 5.36. The summed E-state index contributed by atoms with van der Waals surface area (Å²) < 4.78 is 5.40. The molecule has 1 fully saturated rings. The van der Waals surface area contributed by atoms with Crippen LogP contribution in [-0.2, 0) is 4.74 Å². The third-order valence-corrected chi connectivity index (χ3v) is 3.18. The second-order valence-electron chi connectivity index (χ2n) is 4.12. The minimum atomic E-state index is 0.491. The largest absolute Gasteiger partial charge is 0.398 e. The maximum atomic E-state index is 5.90. The number of nitrogen functional groups attached to an aromatic ring is 1. The molecule has 0 aliphatic carbocycles. The molecule has 15 heavy (non-hydrogen) atoms. The lowest BCUT2D eigenvalue weighted by molar-refractivity contribution is 0.193. The van der Waals surface area contributed by atoms with E-state index in [2.05, 4.69) is 24.9 Å². The van der Waals surface area contributed by atoms with Gasteiger partial charge < -0.3 is 15.4 Å². The molecule has 1 aliphatic heterocycles. The highest BCUT2D eigenvalue weighted by atomic mass is 16.5. The van der Waals surface area contributed by atoms with Crippen LogP contribution < -0.4 is 10.6 Å². The van der Waals surface area contributed by atoms with E-state index in [1.165, 1.54) is 5.69 Å². The molecule has 3 nitrogen and oxygen atoms in total. The third kappa shape index (κ3) is 1.92. The minimum Gasteiger partial charge on any atom is -0.398 e. The number of nitrogens with two attached hydrogens (primary N) is 1. The number of rotatable bonds is 2. The smallest absolute Gasteiger partial charge is 0.0670 e. The molecule has 82 valence electrons. The summed E-state index contributed by atoms with van der Waals surface area (Å²) in [6.45, 7) is 3.76. The van der Waals surface area contributed by atoms with Gasteiger partial charge in [-0.1, -0.05) is 6.07 Å². The van der Waals surface area contributed by atoms with Crippen LogP contribution in [0.1, 0.15) is 12.0 Å². The average molecular weight is 206 g/mol. The first-order valence-electron chi connectivity index (χ1n) is 5.36. The Morgan fingerprint density at radius 2 is 2.27 bits per heavy atom. The molecule has 3 heteroatoms. The van der Waals surface area contributed by atoms with E-state index in [1.54, 1.807) is 0 Å². The number of benzene rings is 1. The first kappa shape index (κ1) is 10.3. The number of hydrogen-bond acceptors (Lipinski definition) is 3. The Labute approximate surface area is 90.8 Å². The molecule has 0 amide bonds. The van der Waals surface area contributed by atoms with Crippen molar-refractivity contribution in [3.05, 3.63) is 23.8 Å². The summed E-state index contributed by atoms with van der Waals surface area (Å²) in [4.78, 5) is 2.28. The van der Waals surface area contributed by atoms with Gasteiger partial charge in [-0.25, -0.2) is 0 Å². The van der Waals surface area contributed by atoms with Gasteiger partial charge in [-0.05, 0) is 31.0 Å². The molecule has 0 aromatic heterocycles. The summed E-state index contributed by atoms with van der Waals surface area (Å²) in [6.07, 6.45) is 1.10. The van der Waals surface area contributed by atoms with Crippen LogP contribution in [0.5, 0.6) is 0 Å². The van der Waals surface area contributed by atoms with Crippen LogP contribution in [0.15, 0.2) is 18.2 Å². The predicted octanol–water partition coefficient (Wildman–Crippen LogP) is 1.80. The van der Waals surface area contributed by atoms with Gasteiger partial charge in [-0.15, -0.1) is 0 Å². The van der Waals surface area contributed by atoms with E-state index in [4.69, 9.17) is 10.5 Å². The zero-order valence-electron chi connectivity index (χ0n) is 9.36. The van der Waals surface area contributed by atoms with E-state index >= 15 is 0 Å². The van der Waals surface area contributed by atoms with E-state index in [0.717, 1.165) is 30.9 Å². The second-order valence-corrected chi connectivity index (χ2v) is 4.12. The standard InChI is InChI=1S/C12H18N2O/c1-9-11(13)4-3-5-12(9)14(2)10-6-7-15-8-10/h3-5,10H,6-8,13H2,1-2H3. The molecular weight excluding hydrogens is 188 g/mol. The molecule has 1 unspecified atom stereocenters. The fourth-order valence-electron chi connectivity index (χ4n) is 2.05. The van der Waals surface area contributed by atoms with Crippen LogP contribution in [-0.4, -0.2) is 26.3 Å². The Bertz CT molecular complexity index is 345. The minimum absolute atomic E-state index is 0.491. The molecule has 1 aliphatic rings. The van der Waals surface area contributed by atoms with Gasteiger partial charge in [0.15, 0.2) is 0 Å². The van der Waals surface area contributed by atoms with E-state index in [0.29, 0.717) is 6.04 Å². The van der Waals surface area contributed by atoms with Gasteiger partial charge in [0, 0.05) is 25.0 Å². The summed E-state index contributed by atoms with van der Waals surface area (Å²) in [7, 11) is 2.11. The van der Waals surface area contributed by atoms with E-state index in [1.807, 2.05) is 12.1 Å². The Kier molecular flexibility index (Phi) is 2.82. The van der Waals surface area contributed by atoms with Crippen LogP contribution in [0.4, 0.5) is 11.4 Å². The molecule has 0 spiro atoms. The third-order valence-electron chi connectivity index (χ3n) is 3.18. The highest BCUT2D eigenvalue weighted by Gasteiger charge is 2.21. The summed E-state index contributed by atoms with van der Waals surface area (Å²) in [6, 6.07) is 6.55. The fourth-order valence-corrected chi connectivity index (χ4v) is 2.05. The SMILES string of the molecule is Cc1c(N)cccc1N(C)C1CCOC1. The predicted molar refractivity (Wildman–Crippen MR) is 63.2 cm³/mol. The lowest BCUT2D eigenvalue weighted by Crippen LogP contribution is -2.32. The van der Waals surface area contributed by atoms with E-state index in [-0.39, 0.29) is 0 Å². The van der Waals surface area contributed by atoms with Gasteiger partial charge >= 0.3 is 0 Å². The summed E-state index contributed by atoms with van der Waals surface area (Å²) in [5.41, 5.74) is 9.13. The quantitative estimate of drug-likeness (QED) is 0.750. The summed E-state index contributed by atoms with van der Waals surface area (Å²) >= 11 is 0. The highest BCUT2D eigenvalue weighted by Crippen LogP contribution is 2.27. The molecule has 2 N–H and O–H groups in total. The molecule has 1 heterocycles. The number of nitrogens with zero attached hydrogens (tertiary/aromatic N) is 1. The zero-order valence-corrected chi connectivity index (χ0v) is 9.36. The van der Waals surface area contributed by atoms with E-state index in [9.17, 15) is 0 Å². The van der Waals surface area contributed by atoms with Gasteiger partial charge in [0.05, 0.1) is 12.6 Å². The topological polar surface area (TPSA) is 38.5 Å². The van der Waals surface area contributed by atoms with Crippen LogP contribution in [0, 0.1) is 6.92 Å². The molecule has 2 rings (SSSR count). The molecule has 1 saturated heterocycles. The van der Waals surface area contributed by atoms with Crippen LogP contribution in [0.2, 0.25) is 0 Å². The number of hydrogen-bond donors (Lipinski definition) is 1. The molecule has 1 aromatic rings. The number of anilines is 2. The molecule has 0 radical (unpaired) electrons. The first-order chi connectivity index (χ1) is 7.20. The van der Waals surface area contributed by atoms with Gasteiger partial charge in [0.1, 0.15) is 0 Å². The second kappa shape index (κ2) is 4.11. The average Bonchev–Trinajstić information content (AvgIpc) is 2.74. The normalized spacial score (nSPS) is 20.5. The number of likely N-dealkylation sites (N-methyl/N-ethyl adjacent to an activating group) is 1. The van der Waals surface area contributed by atoms with Crippen molar-refractivity contribution < 1.29 is 4.74 Å². The van der Waals surface area contributed by atoms with Gasteiger partial charge in [-0.3, -0.25) is 0 Å². The van der Waals surface area contributed by atoms with Crippen molar-refractivity contribution in [2.45, 2.75) is 19.4 Å². The van der Waals surface area contributed by atoms with Crippen molar-refractivity contribution in [3.63, 3.8) is 0 Å². The van der Waals surface area contributed by atoms with Gasteiger partial charge in [-0.2, -0.15) is 0 Å². The van der Waals surface area contributed by atoms with Crippen molar-refractivity contribution in [3.8, 4) is 0 Å². The van der Waals surface area contributed by atoms with Gasteiger partial charge in [0.2, 0.25) is 0 Å². The highest BCUT2D eigenvalue weighted by molar-refractivity contribution is 5.64. The number of ether oxygens (including phenoxy) is 1. The van der Waals surface area contributed by atoms with Crippen molar-refractivity contribution in [2.24, 2.45) is 0 Å². The maximum Gasteiger partial charge on any atom is 0.0670 e. The Balaban J connectivity index is 2.24. The lowest BCUT2D eigenvalue weighted by Gasteiger charge is -2.27. The molecule has 0 saturated carbocycles. The summed E-state index contributed by atoms with van der Waals surface area (Å²) in [5, 5.41) is 0. The Morgan fingerprint density at radius 3 is 2.93 bits per heavy atom. The maximum absolute atomic E-state index is 5.90. The van der Waals surface area contributed by atoms with Crippen molar-refractivity contribution in [2.75, 3.05) is 30.9 Å². The zero-order chi connectivity index (χ0) is 10.8. The van der Waals surface area contributed by atoms with Crippen LogP contribution >= 0.6 is 0 Å².